The van der Waals surface area contributed by atoms with Crippen LogP contribution in [-0.2, 0) is 11.3 Å². The molecule has 0 saturated heterocycles. The lowest BCUT2D eigenvalue weighted by atomic mass is 10.1. The number of benzene rings is 1. The Bertz CT molecular complexity index is 561. The second-order valence-electron chi connectivity index (χ2n) is 5.03. The van der Waals surface area contributed by atoms with E-state index in [1.807, 2.05) is 6.07 Å². The zero-order valence-electron chi connectivity index (χ0n) is 11.7. The summed E-state index contributed by atoms with van der Waals surface area (Å²) in [6, 6.07) is 8.44. The minimum atomic E-state index is -1.33. The quantitative estimate of drug-likeness (QED) is 0.872. The average Bonchev–Trinajstić information content (AvgIpc) is 2.38. The molecule has 1 aromatic rings. The molecule has 0 aliphatic rings. The largest absolute Gasteiger partial charge is 0.480 e. The third kappa shape index (κ3) is 3.99. The molecule has 0 heterocycles. The van der Waals surface area contributed by atoms with Gasteiger partial charge in [0.25, 0.3) is 0 Å². The van der Waals surface area contributed by atoms with E-state index >= 15 is 0 Å². The Labute approximate surface area is 117 Å². The average molecular weight is 275 g/mol. The maximum atomic E-state index is 11.9. The van der Waals surface area contributed by atoms with Gasteiger partial charge in [0, 0.05) is 13.6 Å². The Hall–Kier alpha value is -2.55. The SMILES string of the molecule is CN(Cc1cccc(C#N)c1)C(=O)NC(C)(C)C(=O)O. The fraction of sp³-hybridized carbons (Fsp3) is 0.357. The van der Waals surface area contributed by atoms with Crippen molar-refractivity contribution >= 4 is 12.0 Å². The molecule has 106 valence electrons. The Morgan fingerprint density at radius 1 is 1.45 bits per heavy atom. The van der Waals surface area contributed by atoms with E-state index in [0.29, 0.717) is 5.56 Å². The van der Waals surface area contributed by atoms with Crippen molar-refractivity contribution < 1.29 is 14.7 Å². The Kier molecular flexibility index (Phi) is 4.70. The molecule has 2 amide bonds. The molecule has 0 unspecified atom stereocenters. The van der Waals surface area contributed by atoms with Gasteiger partial charge in [-0.1, -0.05) is 12.1 Å². The molecule has 1 rings (SSSR count). The number of carboxylic acid groups (broad SMARTS) is 1. The number of carbonyl (C=O) groups is 2. The molecule has 0 radical (unpaired) electrons. The first-order chi connectivity index (χ1) is 9.26. The van der Waals surface area contributed by atoms with E-state index in [-0.39, 0.29) is 6.54 Å². The van der Waals surface area contributed by atoms with Crippen LogP contribution in [-0.4, -0.2) is 34.6 Å². The summed E-state index contributed by atoms with van der Waals surface area (Å²) in [4.78, 5) is 24.2. The molecule has 0 saturated carbocycles. The number of nitrogens with zero attached hydrogens (tertiary/aromatic N) is 2. The molecule has 6 nitrogen and oxygen atoms in total. The van der Waals surface area contributed by atoms with Gasteiger partial charge in [-0.3, -0.25) is 0 Å². The summed E-state index contributed by atoms with van der Waals surface area (Å²) in [5, 5.41) is 20.2. The Morgan fingerprint density at radius 2 is 2.10 bits per heavy atom. The van der Waals surface area contributed by atoms with Crippen molar-refractivity contribution in [3.05, 3.63) is 35.4 Å². The molecule has 0 fully saturated rings. The fourth-order valence-corrected chi connectivity index (χ4v) is 1.50. The molecular formula is C14H17N3O3. The lowest BCUT2D eigenvalue weighted by Crippen LogP contribution is -2.53. The molecule has 0 aliphatic carbocycles. The van der Waals surface area contributed by atoms with Gasteiger partial charge in [0.2, 0.25) is 0 Å². The van der Waals surface area contributed by atoms with Crippen LogP contribution in [0.3, 0.4) is 0 Å². The van der Waals surface area contributed by atoms with Gasteiger partial charge in [-0.05, 0) is 31.5 Å². The number of hydrogen-bond donors (Lipinski definition) is 2. The smallest absolute Gasteiger partial charge is 0.328 e. The van der Waals surface area contributed by atoms with Crippen LogP contribution in [0.1, 0.15) is 25.0 Å². The summed E-state index contributed by atoms with van der Waals surface area (Å²) in [5.41, 5.74) is -0.0168. The van der Waals surface area contributed by atoms with Crippen LogP contribution in [0.15, 0.2) is 24.3 Å². The number of rotatable bonds is 4. The zero-order chi connectivity index (χ0) is 15.3. The van der Waals surface area contributed by atoms with Crippen LogP contribution in [0.25, 0.3) is 0 Å². The Balaban J connectivity index is 2.71. The van der Waals surface area contributed by atoms with Crippen LogP contribution in [0.5, 0.6) is 0 Å². The van der Waals surface area contributed by atoms with E-state index < -0.39 is 17.5 Å². The van der Waals surface area contributed by atoms with Crippen molar-refractivity contribution in [1.29, 1.82) is 5.26 Å². The van der Waals surface area contributed by atoms with Gasteiger partial charge >= 0.3 is 12.0 Å². The maximum Gasteiger partial charge on any atom is 0.328 e. The summed E-state index contributed by atoms with van der Waals surface area (Å²) < 4.78 is 0. The number of nitrogens with one attached hydrogen (secondary N) is 1. The molecule has 6 heteroatoms. The maximum absolute atomic E-state index is 11.9. The highest BCUT2D eigenvalue weighted by atomic mass is 16.4. The number of aliphatic carboxylic acids is 1. The number of nitriles is 1. The summed E-state index contributed by atoms with van der Waals surface area (Å²) in [6.45, 7) is 3.12. The molecule has 1 aromatic carbocycles. The molecule has 0 bridgehead atoms. The van der Waals surface area contributed by atoms with Crippen molar-refractivity contribution in [2.75, 3.05) is 7.05 Å². The third-order valence-corrected chi connectivity index (χ3v) is 2.78. The second-order valence-corrected chi connectivity index (χ2v) is 5.03. The number of amides is 2. The van der Waals surface area contributed by atoms with Gasteiger partial charge in [-0.2, -0.15) is 5.26 Å². The van der Waals surface area contributed by atoms with E-state index in [2.05, 4.69) is 5.32 Å². The van der Waals surface area contributed by atoms with Gasteiger partial charge in [-0.15, -0.1) is 0 Å². The van der Waals surface area contributed by atoms with Gasteiger partial charge in [0.05, 0.1) is 11.6 Å². The normalized spacial score (nSPS) is 10.5. The summed E-state index contributed by atoms with van der Waals surface area (Å²) in [5.74, 6) is -1.11. The monoisotopic (exact) mass is 275 g/mol. The zero-order valence-corrected chi connectivity index (χ0v) is 11.7. The predicted molar refractivity (Wildman–Crippen MR) is 72.9 cm³/mol. The summed E-state index contributed by atoms with van der Waals surface area (Å²) in [6.07, 6.45) is 0. The van der Waals surface area contributed by atoms with Gasteiger partial charge in [0.1, 0.15) is 5.54 Å². The van der Waals surface area contributed by atoms with Crippen LogP contribution in [0.4, 0.5) is 4.79 Å². The van der Waals surface area contributed by atoms with Crippen molar-refractivity contribution in [3.63, 3.8) is 0 Å². The third-order valence-electron chi connectivity index (χ3n) is 2.78. The minimum absolute atomic E-state index is 0.289. The fourth-order valence-electron chi connectivity index (χ4n) is 1.50. The van der Waals surface area contributed by atoms with E-state index in [1.54, 1.807) is 31.3 Å². The first-order valence-electron chi connectivity index (χ1n) is 6.02. The lowest BCUT2D eigenvalue weighted by molar-refractivity contribution is -0.143. The van der Waals surface area contributed by atoms with Crippen molar-refractivity contribution in [2.45, 2.75) is 25.9 Å². The van der Waals surface area contributed by atoms with E-state index in [9.17, 15) is 9.59 Å². The molecular weight excluding hydrogens is 258 g/mol. The highest BCUT2D eigenvalue weighted by molar-refractivity contribution is 5.85. The van der Waals surface area contributed by atoms with Gasteiger partial charge < -0.3 is 15.3 Å². The molecule has 2 N–H and O–H groups in total. The number of carbonyl (C=O) groups excluding carboxylic acids is 1. The van der Waals surface area contributed by atoms with E-state index in [1.165, 1.54) is 18.7 Å². The first-order valence-corrected chi connectivity index (χ1v) is 6.02. The Morgan fingerprint density at radius 3 is 2.65 bits per heavy atom. The molecule has 20 heavy (non-hydrogen) atoms. The molecule has 0 aromatic heterocycles. The van der Waals surface area contributed by atoms with Crippen molar-refractivity contribution in [3.8, 4) is 6.07 Å². The second kappa shape index (κ2) is 6.06. The summed E-state index contributed by atoms with van der Waals surface area (Å²) in [7, 11) is 1.56. The number of hydrogen-bond acceptors (Lipinski definition) is 3. The first kappa shape index (κ1) is 15.5. The van der Waals surface area contributed by atoms with Crippen LogP contribution in [0, 0.1) is 11.3 Å². The highest BCUT2D eigenvalue weighted by Crippen LogP contribution is 2.08. The van der Waals surface area contributed by atoms with Crippen LogP contribution < -0.4 is 5.32 Å². The lowest BCUT2D eigenvalue weighted by Gasteiger charge is -2.25. The molecule has 0 atom stereocenters. The molecule has 0 aliphatic heterocycles. The van der Waals surface area contributed by atoms with Crippen molar-refractivity contribution in [1.82, 2.24) is 10.2 Å². The standard InChI is InChI=1S/C14H17N3O3/c1-14(2,12(18)19)16-13(20)17(3)9-11-6-4-5-10(7-11)8-15/h4-7H,9H2,1-3H3,(H,16,20)(H,18,19). The van der Waals surface area contributed by atoms with Gasteiger partial charge in [-0.25, -0.2) is 9.59 Å². The van der Waals surface area contributed by atoms with Crippen LogP contribution in [0.2, 0.25) is 0 Å². The minimum Gasteiger partial charge on any atom is -0.480 e. The topological polar surface area (TPSA) is 93.4 Å². The number of carboxylic acids is 1. The van der Waals surface area contributed by atoms with E-state index in [4.69, 9.17) is 10.4 Å². The highest BCUT2D eigenvalue weighted by Gasteiger charge is 2.30. The summed E-state index contributed by atoms with van der Waals surface area (Å²) >= 11 is 0. The van der Waals surface area contributed by atoms with Crippen LogP contribution >= 0.6 is 0 Å². The van der Waals surface area contributed by atoms with E-state index in [0.717, 1.165) is 5.56 Å². The van der Waals surface area contributed by atoms with Crippen molar-refractivity contribution in [2.24, 2.45) is 0 Å². The predicted octanol–water partition coefficient (Wildman–Crippen LogP) is 1.56. The van der Waals surface area contributed by atoms with Gasteiger partial charge in [0.15, 0.2) is 0 Å². The molecule has 0 spiro atoms. The number of urea groups is 1.